The van der Waals surface area contributed by atoms with Gasteiger partial charge in [-0.25, -0.2) is 0 Å². The van der Waals surface area contributed by atoms with E-state index in [1.165, 1.54) is 0 Å². The minimum Gasteiger partial charge on any atom is -0.339 e. The van der Waals surface area contributed by atoms with Gasteiger partial charge in [0.05, 0.1) is 5.92 Å². The minimum atomic E-state index is -0.133. The Morgan fingerprint density at radius 3 is 2.76 bits per heavy atom. The van der Waals surface area contributed by atoms with E-state index < -0.39 is 0 Å². The largest absolute Gasteiger partial charge is 0.339 e. The van der Waals surface area contributed by atoms with E-state index in [1.807, 2.05) is 0 Å². The van der Waals surface area contributed by atoms with E-state index in [0.29, 0.717) is 23.6 Å². The molecule has 4 heteroatoms. The third-order valence-corrected chi connectivity index (χ3v) is 4.14. The molecule has 4 nitrogen and oxygen atoms in total. The van der Waals surface area contributed by atoms with E-state index in [1.54, 1.807) is 0 Å². The third-order valence-electron chi connectivity index (χ3n) is 4.14. The number of carbonyl (C=O) groups is 1. The van der Waals surface area contributed by atoms with Crippen molar-refractivity contribution in [2.24, 2.45) is 5.41 Å². The molecule has 0 radical (unpaired) electrons. The quantitative estimate of drug-likeness (QED) is 0.789. The number of rotatable bonds is 2. The minimum absolute atomic E-state index is 0.133. The third kappa shape index (κ3) is 1.90. The van der Waals surface area contributed by atoms with Gasteiger partial charge in [-0.3, -0.25) is 4.79 Å². The summed E-state index contributed by atoms with van der Waals surface area (Å²) in [6, 6.07) is 0. The highest BCUT2D eigenvalue weighted by Gasteiger charge is 2.49. The topological polar surface area (TPSA) is 56.0 Å². The highest BCUT2D eigenvalue weighted by Crippen LogP contribution is 2.57. The average Bonchev–Trinajstić information content (AvgIpc) is 2.76. The van der Waals surface area contributed by atoms with Crippen molar-refractivity contribution in [3.05, 3.63) is 11.7 Å². The van der Waals surface area contributed by atoms with Crippen molar-refractivity contribution in [3.63, 3.8) is 0 Å². The monoisotopic (exact) mass is 234 g/mol. The van der Waals surface area contributed by atoms with Gasteiger partial charge in [0.15, 0.2) is 5.82 Å². The number of carbonyl (C=O) groups excluding carboxylic acids is 1. The molecule has 0 aromatic carbocycles. The lowest BCUT2D eigenvalue weighted by atomic mass is 9.88. The van der Waals surface area contributed by atoms with Crippen molar-refractivity contribution >= 4 is 5.78 Å². The first-order chi connectivity index (χ1) is 8.08. The lowest BCUT2D eigenvalue weighted by Gasteiger charge is -2.16. The zero-order valence-corrected chi connectivity index (χ0v) is 10.4. The van der Waals surface area contributed by atoms with Crippen LogP contribution in [0.25, 0.3) is 0 Å². The number of ketones is 1. The van der Waals surface area contributed by atoms with Crippen LogP contribution in [0.2, 0.25) is 0 Å². The number of hydrogen-bond donors (Lipinski definition) is 0. The molecule has 2 atom stereocenters. The number of Topliss-reactive ketones (excluding diaryl/α,β-unsaturated/α-hetero) is 1. The molecule has 2 aliphatic rings. The van der Waals surface area contributed by atoms with Gasteiger partial charge < -0.3 is 4.52 Å². The number of aromatic nitrogens is 2. The number of nitrogens with zero attached hydrogens (tertiary/aromatic N) is 2. The predicted octanol–water partition coefficient (Wildman–Crippen LogP) is 2.81. The van der Waals surface area contributed by atoms with Crippen LogP contribution in [-0.2, 0) is 4.79 Å². The second-order valence-corrected chi connectivity index (χ2v) is 6.00. The molecule has 2 unspecified atom stereocenters. The maximum Gasteiger partial charge on any atom is 0.237 e. The van der Waals surface area contributed by atoms with Crippen molar-refractivity contribution in [2.75, 3.05) is 0 Å². The molecule has 1 aromatic rings. The molecule has 0 saturated heterocycles. The summed E-state index contributed by atoms with van der Waals surface area (Å²) in [5, 5.41) is 4.05. The van der Waals surface area contributed by atoms with E-state index in [4.69, 9.17) is 4.52 Å². The SMILES string of the molecule is CC1(C)CC1c1noc(C2CCCCC2=O)n1. The highest BCUT2D eigenvalue weighted by atomic mass is 16.5. The standard InChI is InChI=1S/C13H18N2O2/c1-13(2)7-9(13)11-14-12(17-15-11)8-5-3-4-6-10(8)16/h8-9H,3-7H2,1-2H3. The van der Waals surface area contributed by atoms with Crippen molar-refractivity contribution in [1.82, 2.24) is 10.1 Å². The fourth-order valence-electron chi connectivity index (χ4n) is 2.68. The Morgan fingerprint density at radius 2 is 2.12 bits per heavy atom. The predicted molar refractivity (Wildman–Crippen MR) is 61.7 cm³/mol. The van der Waals surface area contributed by atoms with E-state index in [-0.39, 0.29) is 11.7 Å². The maximum absolute atomic E-state index is 11.8. The van der Waals surface area contributed by atoms with Gasteiger partial charge in [-0.15, -0.1) is 0 Å². The molecule has 0 amide bonds. The summed E-state index contributed by atoms with van der Waals surface area (Å²) >= 11 is 0. The lowest BCUT2D eigenvalue weighted by Crippen LogP contribution is -2.17. The van der Waals surface area contributed by atoms with Crippen molar-refractivity contribution in [2.45, 2.75) is 57.8 Å². The molecular formula is C13H18N2O2. The summed E-state index contributed by atoms with van der Waals surface area (Å²) in [5.74, 6) is 1.89. The van der Waals surface area contributed by atoms with Gasteiger partial charge in [-0.05, 0) is 24.7 Å². The van der Waals surface area contributed by atoms with Crippen molar-refractivity contribution < 1.29 is 9.32 Å². The Balaban J connectivity index is 1.78. The molecule has 1 aromatic heterocycles. The molecule has 0 bridgehead atoms. The molecule has 2 saturated carbocycles. The molecular weight excluding hydrogens is 216 g/mol. The van der Waals surface area contributed by atoms with Crippen LogP contribution in [0.4, 0.5) is 0 Å². The van der Waals surface area contributed by atoms with Gasteiger partial charge >= 0.3 is 0 Å². The first-order valence-electron chi connectivity index (χ1n) is 6.44. The van der Waals surface area contributed by atoms with Crippen LogP contribution >= 0.6 is 0 Å². The van der Waals surface area contributed by atoms with E-state index in [9.17, 15) is 4.79 Å². The summed E-state index contributed by atoms with van der Waals surface area (Å²) < 4.78 is 5.29. The molecule has 0 spiro atoms. The fraction of sp³-hybridized carbons (Fsp3) is 0.769. The molecule has 0 aliphatic heterocycles. The van der Waals surface area contributed by atoms with Crippen LogP contribution in [0.15, 0.2) is 4.52 Å². The summed E-state index contributed by atoms with van der Waals surface area (Å²) in [6.07, 6.45) is 4.74. The zero-order valence-electron chi connectivity index (χ0n) is 10.4. The Hall–Kier alpha value is -1.19. The van der Waals surface area contributed by atoms with E-state index in [0.717, 1.165) is 31.5 Å². The fourth-order valence-corrected chi connectivity index (χ4v) is 2.68. The van der Waals surface area contributed by atoms with Gasteiger partial charge in [-0.2, -0.15) is 4.98 Å². The molecule has 2 aliphatic carbocycles. The lowest BCUT2D eigenvalue weighted by molar-refractivity contribution is -0.122. The summed E-state index contributed by atoms with van der Waals surface area (Å²) in [5.41, 5.74) is 0.303. The van der Waals surface area contributed by atoms with Crippen LogP contribution in [0.1, 0.15) is 69.5 Å². The Kier molecular flexibility index (Phi) is 2.35. The Bertz CT molecular complexity index is 450. The van der Waals surface area contributed by atoms with Crippen molar-refractivity contribution in [3.8, 4) is 0 Å². The van der Waals surface area contributed by atoms with Crippen LogP contribution in [0.3, 0.4) is 0 Å². The van der Waals surface area contributed by atoms with Gasteiger partial charge in [-0.1, -0.05) is 25.4 Å². The zero-order chi connectivity index (χ0) is 12.0. The first-order valence-corrected chi connectivity index (χ1v) is 6.44. The van der Waals surface area contributed by atoms with E-state index >= 15 is 0 Å². The smallest absolute Gasteiger partial charge is 0.237 e. The second kappa shape index (κ2) is 3.65. The summed E-state index contributed by atoms with van der Waals surface area (Å²) in [4.78, 5) is 16.2. The molecule has 92 valence electrons. The highest BCUT2D eigenvalue weighted by molar-refractivity contribution is 5.85. The van der Waals surface area contributed by atoms with Gasteiger partial charge in [0.25, 0.3) is 0 Å². The maximum atomic E-state index is 11.8. The molecule has 3 rings (SSSR count). The summed E-state index contributed by atoms with van der Waals surface area (Å²) in [7, 11) is 0. The van der Waals surface area contributed by atoms with Gasteiger partial charge in [0.2, 0.25) is 5.89 Å². The molecule has 17 heavy (non-hydrogen) atoms. The van der Waals surface area contributed by atoms with Crippen molar-refractivity contribution in [1.29, 1.82) is 0 Å². The van der Waals surface area contributed by atoms with Crippen LogP contribution in [0.5, 0.6) is 0 Å². The molecule has 0 N–H and O–H groups in total. The number of hydrogen-bond acceptors (Lipinski definition) is 4. The second-order valence-electron chi connectivity index (χ2n) is 6.00. The Morgan fingerprint density at radius 1 is 1.35 bits per heavy atom. The van der Waals surface area contributed by atoms with Gasteiger partial charge in [0.1, 0.15) is 5.78 Å². The van der Waals surface area contributed by atoms with E-state index in [2.05, 4.69) is 24.0 Å². The Labute approximate surface area is 101 Å². The van der Waals surface area contributed by atoms with Gasteiger partial charge in [0, 0.05) is 12.3 Å². The van der Waals surface area contributed by atoms with Crippen LogP contribution in [0, 0.1) is 5.41 Å². The summed E-state index contributed by atoms with van der Waals surface area (Å²) in [6.45, 7) is 4.42. The first kappa shape index (κ1) is 10.9. The normalized spacial score (nSPS) is 31.5. The molecule has 1 heterocycles. The average molecular weight is 234 g/mol. The van der Waals surface area contributed by atoms with Crippen LogP contribution in [-0.4, -0.2) is 15.9 Å². The molecule has 2 fully saturated rings. The van der Waals surface area contributed by atoms with Crippen LogP contribution < -0.4 is 0 Å².